The van der Waals surface area contributed by atoms with Gasteiger partial charge in [0.1, 0.15) is 18.3 Å². The first-order valence-electron chi connectivity index (χ1n) is 12.8. The van der Waals surface area contributed by atoms with Crippen LogP contribution in [0.3, 0.4) is 0 Å². The van der Waals surface area contributed by atoms with Crippen molar-refractivity contribution in [2.45, 2.75) is 52.1 Å². The van der Waals surface area contributed by atoms with Crippen molar-refractivity contribution < 1.29 is 24.0 Å². The number of aromatic nitrogens is 1. The number of benzene rings is 1. The number of hydrogen-bond acceptors (Lipinski definition) is 6. The average Bonchev–Trinajstić information content (AvgIpc) is 2.93. The summed E-state index contributed by atoms with van der Waals surface area (Å²) in [5.41, 5.74) is -0.246. The van der Waals surface area contributed by atoms with E-state index in [1.807, 2.05) is 13.8 Å². The minimum atomic E-state index is -1.25. The molecule has 12 nitrogen and oxygen atoms in total. The van der Waals surface area contributed by atoms with Gasteiger partial charge in [0, 0.05) is 31.9 Å². The maximum Gasteiger partial charge on any atom is 0.319 e. The number of nitrogens with zero attached hydrogens (tertiary/aromatic N) is 1. The molecule has 0 aliphatic rings. The van der Waals surface area contributed by atoms with E-state index in [-0.39, 0.29) is 31.0 Å². The van der Waals surface area contributed by atoms with Crippen LogP contribution in [0.1, 0.15) is 39.5 Å². The Kier molecular flexibility index (Phi) is 12.4. The number of carbonyl (C=O) groups excluding carboxylic acids is 5. The molecule has 1 atom stereocenters. The first-order chi connectivity index (χ1) is 18.7. The monoisotopic (exact) mass is 540 g/mol. The van der Waals surface area contributed by atoms with E-state index in [0.717, 1.165) is 17.4 Å². The maximum atomic E-state index is 13.1. The highest BCUT2D eigenvalue weighted by molar-refractivity contribution is 6.36. The fourth-order valence-corrected chi connectivity index (χ4v) is 3.67. The van der Waals surface area contributed by atoms with Crippen LogP contribution in [0.4, 0.5) is 16.2 Å². The second-order valence-electron chi connectivity index (χ2n) is 8.89. The van der Waals surface area contributed by atoms with Gasteiger partial charge in [0.2, 0.25) is 17.6 Å². The molecule has 0 bridgehead atoms. The number of pyridine rings is 1. The van der Waals surface area contributed by atoms with Gasteiger partial charge in [0.05, 0.1) is 0 Å². The van der Waals surface area contributed by atoms with Gasteiger partial charge in [-0.2, -0.15) is 0 Å². The van der Waals surface area contributed by atoms with E-state index in [1.54, 1.807) is 30.3 Å². The molecule has 1 aromatic carbocycles. The highest BCUT2D eigenvalue weighted by Gasteiger charge is 2.24. The third kappa shape index (κ3) is 10.1. The van der Waals surface area contributed by atoms with Crippen molar-refractivity contribution in [2.24, 2.45) is 5.92 Å². The molecule has 2 aromatic rings. The number of hydrogen-bond donors (Lipinski definition) is 5. The van der Waals surface area contributed by atoms with Crippen LogP contribution in [0, 0.1) is 5.92 Å². The number of carbonyl (C=O) groups is 5. The third-order valence-electron chi connectivity index (χ3n) is 6.13. The number of ketones is 1. The fourth-order valence-electron chi connectivity index (χ4n) is 3.67. The number of urea groups is 1. The Balaban J connectivity index is 2.13. The van der Waals surface area contributed by atoms with E-state index in [4.69, 9.17) is 0 Å². The summed E-state index contributed by atoms with van der Waals surface area (Å²) in [5.74, 6) is -2.35. The van der Waals surface area contributed by atoms with Gasteiger partial charge in [-0.15, -0.1) is 0 Å². The number of likely N-dealkylation sites (N-methyl/N-ethyl adjacent to an activating group) is 1. The minimum absolute atomic E-state index is 0.108. The third-order valence-corrected chi connectivity index (χ3v) is 6.13. The topological polar surface area (TPSA) is 168 Å². The molecule has 5 amide bonds. The van der Waals surface area contributed by atoms with Gasteiger partial charge in [-0.05, 0) is 36.6 Å². The summed E-state index contributed by atoms with van der Waals surface area (Å²) in [4.78, 5) is 74.5. The highest BCUT2D eigenvalue weighted by atomic mass is 16.2. The molecule has 1 heterocycles. The summed E-state index contributed by atoms with van der Waals surface area (Å²) in [6.45, 7) is 4.35. The number of nitrogens with one attached hydrogen (secondary N) is 5. The van der Waals surface area contributed by atoms with Gasteiger partial charge in [0.25, 0.3) is 11.5 Å². The maximum absolute atomic E-state index is 13.1. The smallest absolute Gasteiger partial charge is 0.319 e. The summed E-state index contributed by atoms with van der Waals surface area (Å²) in [6, 6.07) is 9.41. The number of para-hydroxylation sites is 1. The van der Waals surface area contributed by atoms with Crippen molar-refractivity contribution in [2.75, 3.05) is 24.2 Å². The van der Waals surface area contributed by atoms with Gasteiger partial charge in [-0.3, -0.25) is 24.0 Å². The summed E-state index contributed by atoms with van der Waals surface area (Å²) in [5, 5.41) is 12.6. The van der Waals surface area contributed by atoms with Crippen LogP contribution in [-0.2, 0) is 25.7 Å². The Bertz CT molecular complexity index is 1210. The second kappa shape index (κ2) is 15.7. The molecule has 0 spiro atoms. The summed E-state index contributed by atoms with van der Waals surface area (Å²) in [6.07, 6.45) is 2.76. The standard InChI is InChI=1S/C27H36N6O6/c1-4-18(5-2)16-29-23(35)17-33-15-9-12-21(26(33)38)31-24(36)20(13-14-22(34)25(37)28-3)32-27(39)30-19-10-7-6-8-11-19/h6-12,15,18,20H,4-5,13-14,16-17H2,1-3H3,(H,28,37)(H,29,35)(H,31,36)(H2,30,32,39)/t20-/m0/s1. The Morgan fingerprint density at radius 3 is 2.26 bits per heavy atom. The molecule has 0 aliphatic heterocycles. The Labute approximate surface area is 226 Å². The predicted molar refractivity (Wildman–Crippen MR) is 147 cm³/mol. The van der Waals surface area contributed by atoms with Crippen LogP contribution in [0.15, 0.2) is 53.5 Å². The molecule has 0 radical (unpaired) electrons. The lowest BCUT2D eigenvalue weighted by molar-refractivity contribution is -0.137. The van der Waals surface area contributed by atoms with Crippen LogP contribution in [-0.4, -0.2) is 53.7 Å². The fraction of sp³-hybridized carbons (Fsp3) is 0.407. The average molecular weight is 541 g/mol. The molecule has 0 aliphatic carbocycles. The molecule has 5 N–H and O–H groups in total. The predicted octanol–water partition coefficient (Wildman–Crippen LogP) is 1.62. The van der Waals surface area contributed by atoms with Crippen LogP contribution < -0.4 is 32.1 Å². The lowest BCUT2D eigenvalue weighted by Crippen LogP contribution is -2.47. The van der Waals surface area contributed by atoms with Crippen molar-refractivity contribution in [3.63, 3.8) is 0 Å². The van der Waals surface area contributed by atoms with E-state index >= 15 is 0 Å². The molecule has 0 saturated heterocycles. The van der Waals surface area contributed by atoms with Crippen molar-refractivity contribution >= 4 is 40.9 Å². The minimum Gasteiger partial charge on any atom is -0.354 e. The largest absolute Gasteiger partial charge is 0.354 e. The lowest BCUT2D eigenvalue weighted by Gasteiger charge is -2.19. The zero-order valence-corrected chi connectivity index (χ0v) is 22.4. The highest BCUT2D eigenvalue weighted by Crippen LogP contribution is 2.08. The number of Topliss-reactive ketones (excluding diaryl/α,β-unsaturated/α-hetero) is 1. The van der Waals surface area contributed by atoms with E-state index in [0.29, 0.717) is 18.2 Å². The van der Waals surface area contributed by atoms with Crippen LogP contribution in [0.5, 0.6) is 0 Å². The van der Waals surface area contributed by atoms with Crippen molar-refractivity contribution in [1.29, 1.82) is 0 Å². The zero-order chi connectivity index (χ0) is 28.8. The van der Waals surface area contributed by atoms with Gasteiger partial charge in [0.15, 0.2) is 0 Å². The molecule has 0 unspecified atom stereocenters. The first kappa shape index (κ1) is 30.7. The summed E-state index contributed by atoms with van der Waals surface area (Å²) >= 11 is 0. The molecule has 1 aromatic heterocycles. The van der Waals surface area contributed by atoms with E-state index in [1.165, 1.54) is 25.4 Å². The molecule has 0 saturated carbocycles. The summed E-state index contributed by atoms with van der Waals surface area (Å²) < 4.78 is 1.16. The molecule has 12 heteroatoms. The molecular formula is C27H36N6O6. The number of anilines is 2. The zero-order valence-electron chi connectivity index (χ0n) is 22.4. The van der Waals surface area contributed by atoms with Crippen molar-refractivity contribution in [3.05, 3.63) is 59.0 Å². The molecular weight excluding hydrogens is 504 g/mol. The van der Waals surface area contributed by atoms with E-state index in [9.17, 15) is 28.8 Å². The van der Waals surface area contributed by atoms with Crippen LogP contribution >= 0.6 is 0 Å². The second-order valence-corrected chi connectivity index (χ2v) is 8.89. The van der Waals surface area contributed by atoms with Gasteiger partial charge < -0.3 is 31.2 Å². The van der Waals surface area contributed by atoms with Crippen LogP contribution in [0.2, 0.25) is 0 Å². The quantitative estimate of drug-likeness (QED) is 0.228. The Morgan fingerprint density at radius 1 is 0.923 bits per heavy atom. The van der Waals surface area contributed by atoms with E-state index < -0.39 is 35.2 Å². The van der Waals surface area contributed by atoms with Gasteiger partial charge >= 0.3 is 6.03 Å². The van der Waals surface area contributed by atoms with Gasteiger partial charge in [-0.25, -0.2) is 4.79 Å². The Hall–Kier alpha value is -4.48. The Morgan fingerprint density at radius 2 is 1.62 bits per heavy atom. The van der Waals surface area contributed by atoms with Crippen molar-refractivity contribution in [3.8, 4) is 0 Å². The number of amides is 5. The molecule has 2 rings (SSSR count). The SMILES string of the molecule is CCC(CC)CNC(=O)Cn1cccc(NC(=O)[C@H](CCC(=O)C(=O)NC)NC(=O)Nc2ccccc2)c1=O. The molecule has 39 heavy (non-hydrogen) atoms. The lowest BCUT2D eigenvalue weighted by atomic mass is 10.0. The number of rotatable bonds is 14. The summed E-state index contributed by atoms with van der Waals surface area (Å²) in [7, 11) is 1.31. The molecule has 0 fully saturated rings. The van der Waals surface area contributed by atoms with Crippen LogP contribution in [0.25, 0.3) is 0 Å². The van der Waals surface area contributed by atoms with E-state index in [2.05, 4.69) is 26.6 Å². The molecule has 210 valence electrons. The first-order valence-corrected chi connectivity index (χ1v) is 12.8. The normalized spacial score (nSPS) is 11.3. The van der Waals surface area contributed by atoms with Crippen molar-refractivity contribution in [1.82, 2.24) is 20.5 Å². The van der Waals surface area contributed by atoms with Gasteiger partial charge in [-0.1, -0.05) is 44.9 Å².